The van der Waals surface area contributed by atoms with E-state index in [-0.39, 0.29) is 6.61 Å². The highest BCUT2D eigenvalue weighted by Crippen LogP contribution is 2.25. The Balaban J connectivity index is 2.98. The molecule has 0 spiro atoms. The van der Waals surface area contributed by atoms with Gasteiger partial charge in [-0.3, -0.25) is 0 Å². The average molecular weight is 182 g/mol. The zero-order chi connectivity index (χ0) is 9.19. The van der Waals surface area contributed by atoms with Crippen LogP contribution in [0.2, 0.25) is 0 Å². The lowest BCUT2D eigenvalue weighted by Crippen LogP contribution is -2.13. The monoisotopic (exact) mass is 182 g/mol. The molecule has 1 aromatic rings. The highest BCUT2D eigenvalue weighted by Gasteiger charge is 2.23. The second kappa shape index (κ2) is 3.21. The van der Waals surface area contributed by atoms with E-state index in [1.165, 1.54) is 11.3 Å². The van der Waals surface area contributed by atoms with Crippen LogP contribution in [-0.4, -0.2) is 10.1 Å². The molecule has 0 saturated heterocycles. The van der Waals surface area contributed by atoms with E-state index in [4.69, 9.17) is 10.4 Å². The van der Waals surface area contributed by atoms with E-state index < -0.39 is 5.41 Å². The number of aliphatic hydroxyl groups excluding tert-OH is 1. The van der Waals surface area contributed by atoms with E-state index in [0.717, 1.165) is 5.01 Å². The average Bonchev–Trinajstić information content (AvgIpc) is 2.52. The Morgan fingerprint density at radius 1 is 1.75 bits per heavy atom. The van der Waals surface area contributed by atoms with Gasteiger partial charge in [-0.2, -0.15) is 5.26 Å². The molecule has 4 heteroatoms. The predicted molar refractivity (Wildman–Crippen MR) is 46.7 cm³/mol. The number of hydrogen-bond acceptors (Lipinski definition) is 4. The molecule has 1 heterocycles. The van der Waals surface area contributed by atoms with E-state index in [2.05, 4.69) is 11.1 Å². The molecule has 1 N–H and O–H groups in total. The van der Waals surface area contributed by atoms with Crippen molar-refractivity contribution in [2.24, 2.45) is 0 Å². The van der Waals surface area contributed by atoms with Crippen molar-refractivity contribution in [2.75, 3.05) is 0 Å². The molecule has 0 aliphatic rings. The molecule has 0 bridgehead atoms. The number of nitrogens with zero attached hydrogens (tertiary/aromatic N) is 2. The van der Waals surface area contributed by atoms with Gasteiger partial charge < -0.3 is 5.11 Å². The van der Waals surface area contributed by atoms with Crippen LogP contribution >= 0.6 is 11.3 Å². The first-order chi connectivity index (χ1) is 5.60. The molecular weight excluding hydrogens is 172 g/mol. The predicted octanol–water partition coefficient (Wildman–Crippen LogP) is 1.44. The lowest BCUT2D eigenvalue weighted by atomic mass is 9.97. The quantitative estimate of drug-likeness (QED) is 0.752. The minimum atomic E-state index is -0.544. The lowest BCUT2D eigenvalue weighted by molar-refractivity contribution is 0.277. The van der Waals surface area contributed by atoms with Gasteiger partial charge in [-0.05, 0) is 13.8 Å². The van der Waals surface area contributed by atoms with Gasteiger partial charge in [-0.15, -0.1) is 11.3 Å². The van der Waals surface area contributed by atoms with Crippen LogP contribution in [0, 0.1) is 11.3 Å². The van der Waals surface area contributed by atoms with Gasteiger partial charge in [0.1, 0.15) is 10.4 Å². The van der Waals surface area contributed by atoms with Crippen LogP contribution in [-0.2, 0) is 12.0 Å². The zero-order valence-corrected chi connectivity index (χ0v) is 7.85. The molecule has 64 valence electrons. The lowest BCUT2D eigenvalue weighted by Gasteiger charge is -2.09. The summed E-state index contributed by atoms with van der Waals surface area (Å²) in [6.45, 7) is 3.57. The van der Waals surface area contributed by atoms with Crippen molar-refractivity contribution in [1.29, 1.82) is 5.26 Å². The Labute approximate surface area is 75.3 Å². The molecule has 0 radical (unpaired) electrons. The van der Waals surface area contributed by atoms with Crippen LogP contribution in [0.1, 0.15) is 24.5 Å². The van der Waals surface area contributed by atoms with Crippen LogP contribution in [0.25, 0.3) is 0 Å². The molecule has 0 fully saturated rings. The topological polar surface area (TPSA) is 56.9 Å². The molecule has 0 aromatic carbocycles. The molecule has 1 aromatic heterocycles. The Kier molecular flexibility index (Phi) is 2.46. The first-order valence-electron chi connectivity index (χ1n) is 3.57. The third-order valence-corrected chi connectivity index (χ3v) is 2.74. The number of hydrogen-bond donors (Lipinski definition) is 1. The molecule has 0 aliphatic heterocycles. The van der Waals surface area contributed by atoms with E-state index in [9.17, 15) is 0 Å². The highest BCUT2D eigenvalue weighted by molar-refractivity contribution is 7.09. The number of nitriles is 1. The van der Waals surface area contributed by atoms with Crippen molar-refractivity contribution in [2.45, 2.75) is 25.9 Å². The first-order valence-corrected chi connectivity index (χ1v) is 4.45. The summed E-state index contributed by atoms with van der Waals surface area (Å²) >= 11 is 1.41. The second-order valence-electron chi connectivity index (χ2n) is 3.04. The van der Waals surface area contributed by atoms with Gasteiger partial charge in [-0.1, -0.05) is 0 Å². The van der Waals surface area contributed by atoms with Crippen molar-refractivity contribution < 1.29 is 5.11 Å². The van der Waals surface area contributed by atoms with Gasteiger partial charge in [0.25, 0.3) is 0 Å². The number of aromatic nitrogens is 1. The van der Waals surface area contributed by atoms with Crippen LogP contribution in [0.4, 0.5) is 0 Å². The number of rotatable bonds is 2. The van der Waals surface area contributed by atoms with Crippen LogP contribution in [0.5, 0.6) is 0 Å². The summed E-state index contributed by atoms with van der Waals surface area (Å²) in [4.78, 5) is 4.12. The normalized spacial score (nSPS) is 11.2. The number of aliphatic hydroxyl groups is 1. The van der Waals surface area contributed by atoms with Crippen molar-refractivity contribution >= 4 is 11.3 Å². The van der Waals surface area contributed by atoms with Gasteiger partial charge in [0, 0.05) is 5.38 Å². The first kappa shape index (κ1) is 9.17. The molecule has 0 saturated carbocycles. The zero-order valence-electron chi connectivity index (χ0n) is 7.03. The van der Waals surface area contributed by atoms with Crippen LogP contribution in [0.3, 0.4) is 0 Å². The highest BCUT2D eigenvalue weighted by atomic mass is 32.1. The largest absolute Gasteiger partial charge is 0.390 e. The third-order valence-electron chi connectivity index (χ3n) is 1.53. The Bertz CT molecular complexity index is 311. The maximum Gasteiger partial charge on any atom is 0.113 e. The van der Waals surface area contributed by atoms with Crippen LogP contribution in [0.15, 0.2) is 5.38 Å². The number of thiazole rings is 1. The summed E-state index contributed by atoms with van der Waals surface area (Å²) in [7, 11) is 0. The third kappa shape index (κ3) is 1.63. The second-order valence-corrected chi connectivity index (χ2v) is 3.90. The Morgan fingerprint density at radius 3 is 2.83 bits per heavy atom. The van der Waals surface area contributed by atoms with Crippen LogP contribution < -0.4 is 0 Å². The van der Waals surface area contributed by atoms with E-state index in [1.54, 1.807) is 5.38 Å². The van der Waals surface area contributed by atoms with E-state index in [1.807, 2.05) is 13.8 Å². The standard InChI is InChI=1S/C8H10N2OS/c1-8(2,5-9)7-10-6(3-11)4-12-7/h4,11H,3H2,1-2H3. The van der Waals surface area contributed by atoms with Gasteiger partial charge >= 0.3 is 0 Å². The van der Waals surface area contributed by atoms with Crippen molar-refractivity contribution in [1.82, 2.24) is 4.98 Å². The molecule has 0 unspecified atom stereocenters. The van der Waals surface area contributed by atoms with Gasteiger partial charge in [-0.25, -0.2) is 4.98 Å². The molecule has 0 atom stereocenters. The van der Waals surface area contributed by atoms with E-state index >= 15 is 0 Å². The summed E-state index contributed by atoms with van der Waals surface area (Å²) in [5.74, 6) is 0. The summed E-state index contributed by atoms with van der Waals surface area (Å²) in [6.07, 6.45) is 0. The summed E-state index contributed by atoms with van der Waals surface area (Å²) in [5.41, 5.74) is 0.0938. The molecule has 12 heavy (non-hydrogen) atoms. The molecular formula is C8H10N2OS. The summed E-state index contributed by atoms with van der Waals surface area (Å²) < 4.78 is 0. The van der Waals surface area contributed by atoms with Crippen molar-refractivity contribution in [3.05, 3.63) is 16.1 Å². The summed E-state index contributed by atoms with van der Waals surface area (Å²) in [5, 5.41) is 20.1. The van der Waals surface area contributed by atoms with Gasteiger partial charge in [0.2, 0.25) is 0 Å². The fourth-order valence-corrected chi connectivity index (χ4v) is 1.60. The molecule has 0 amide bonds. The minimum Gasteiger partial charge on any atom is -0.390 e. The minimum absolute atomic E-state index is 0.0575. The SMILES string of the molecule is CC(C)(C#N)c1nc(CO)cs1. The maximum atomic E-state index is 8.78. The van der Waals surface area contributed by atoms with Crippen molar-refractivity contribution in [3.8, 4) is 6.07 Å². The van der Waals surface area contributed by atoms with Gasteiger partial charge in [0.15, 0.2) is 0 Å². The fraction of sp³-hybridized carbons (Fsp3) is 0.500. The fourth-order valence-electron chi connectivity index (χ4n) is 0.714. The van der Waals surface area contributed by atoms with Crippen molar-refractivity contribution in [3.63, 3.8) is 0 Å². The van der Waals surface area contributed by atoms with E-state index in [0.29, 0.717) is 5.69 Å². The smallest absolute Gasteiger partial charge is 0.113 e. The maximum absolute atomic E-state index is 8.78. The van der Waals surface area contributed by atoms with Gasteiger partial charge in [0.05, 0.1) is 18.4 Å². The summed E-state index contributed by atoms with van der Waals surface area (Å²) in [6, 6.07) is 2.16. The Hall–Kier alpha value is -0.920. The Morgan fingerprint density at radius 2 is 2.42 bits per heavy atom. The molecule has 1 rings (SSSR count). The molecule has 3 nitrogen and oxygen atoms in total. The molecule has 0 aliphatic carbocycles.